The summed E-state index contributed by atoms with van der Waals surface area (Å²) in [5.41, 5.74) is 1.05. The molecule has 2 N–H and O–H groups in total. The maximum absolute atomic E-state index is 13.3. The number of carbonyl (C=O) groups excluding carboxylic acids is 1. The summed E-state index contributed by atoms with van der Waals surface area (Å²) in [4.78, 5) is 14.9. The first-order valence-electron chi connectivity index (χ1n) is 8.54. The third-order valence-corrected chi connectivity index (χ3v) is 6.41. The highest BCUT2D eigenvalue weighted by atomic mass is 16.5. The zero-order chi connectivity index (χ0) is 17.1. The van der Waals surface area contributed by atoms with Gasteiger partial charge in [0.15, 0.2) is 5.54 Å². The van der Waals surface area contributed by atoms with Crippen LogP contribution in [-0.4, -0.2) is 36.2 Å². The fraction of sp³-hybridized carbons (Fsp3) is 0.526. The van der Waals surface area contributed by atoms with Crippen LogP contribution in [0.5, 0.6) is 5.75 Å². The van der Waals surface area contributed by atoms with E-state index in [1.54, 1.807) is 31.2 Å². The number of nitrogens with zero attached hydrogens (tertiary/aromatic N) is 1. The van der Waals surface area contributed by atoms with Crippen molar-refractivity contribution in [2.45, 2.75) is 43.7 Å². The van der Waals surface area contributed by atoms with Crippen molar-refractivity contribution in [1.29, 1.82) is 0 Å². The van der Waals surface area contributed by atoms with Crippen molar-refractivity contribution in [1.82, 2.24) is 10.2 Å². The number of amides is 1. The van der Waals surface area contributed by atoms with Crippen molar-refractivity contribution < 1.29 is 14.6 Å². The van der Waals surface area contributed by atoms with Gasteiger partial charge in [-0.05, 0) is 55.4 Å². The molecule has 1 aromatic carbocycles. The normalized spacial score (nSPS) is 34.9. The number of aromatic hydroxyl groups is 1. The number of fused-ring (bicyclic) bond motifs is 3. The Bertz CT molecular complexity index is 721. The van der Waals surface area contributed by atoms with Crippen LogP contribution in [0, 0.1) is 5.41 Å². The second-order valence-electron chi connectivity index (χ2n) is 7.42. The summed E-state index contributed by atoms with van der Waals surface area (Å²) in [5, 5.41) is 13.5. The molecule has 5 heteroatoms. The SMILES string of the molecule is C=C1NC2(C(=O)N1C)c1cc(O)ccc1CC21CCC(OC)CC1. The van der Waals surface area contributed by atoms with Crippen molar-refractivity contribution in [3.63, 3.8) is 0 Å². The van der Waals surface area contributed by atoms with Gasteiger partial charge in [0.05, 0.1) is 6.10 Å². The van der Waals surface area contributed by atoms with Crippen LogP contribution in [0.15, 0.2) is 30.6 Å². The van der Waals surface area contributed by atoms with Gasteiger partial charge in [-0.15, -0.1) is 0 Å². The Morgan fingerprint density at radius 1 is 1.38 bits per heavy atom. The van der Waals surface area contributed by atoms with Gasteiger partial charge in [-0.2, -0.15) is 0 Å². The molecule has 0 radical (unpaired) electrons. The Balaban J connectivity index is 1.87. The number of hydrogen-bond donors (Lipinski definition) is 2. The third-order valence-electron chi connectivity index (χ3n) is 6.41. The smallest absolute Gasteiger partial charge is 0.258 e. The van der Waals surface area contributed by atoms with E-state index in [0.29, 0.717) is 5.82 Å². The summed E-state index contributed by atoms with van der Waals surface area (Å²) in [6.45, 7) is 4.02. The lowest BCUT2D eigenvalue weighted by molar-refractivity contribution is -0.137. The lowest BCUT2D eigenvalue weighted by Crippen LogP contribution is -2.56. The molecule has 1 unspecified atom stereocenters. The molecule has 1 saturated heterocycles. The maximum Gasteiger partial charge on any atom is 0.258 e. The lowest BCUT2D eigenvalue weighted by atomic mass is 9.61. The fourth-order valence-electron chi connectivity index (χ4n) is 5.05. The standard InChI is InChI=1S/C19H24N2O3/c1-12-20-19(17(23)21(12)2)16-10-14(22)5-4-13(16)11-18(19)8-6-15(24-3)7-9-18/h4-5,10,15,20,22H,1,6-9,11H2,2-3H3. The van der Waals surface area contributed by atoms with Crippen LogP contribution in [0.25, 0.3) is 0 Å². The van der Waals surface area contributed by atoms with Crippen LogP contribution in [-0.2, 0) is 21.5 Å². The lowest BCUT2D eigenvalue weighted by Gasteiger charge is -2.46. The van der Waals surface area contributed by atoms with Crippen LogP contribution in [0.4, 0.5) is 0 Å². The minimum Gasteiger partial charge on any atom is -0.508 e. The van der Waals surface area contributed by atoms with Crippen molar-refractivity contribution in [3.8, 4) is 5.75 Å². The molecular weight excluding hydrogens is 304 g/mol. The highest BCUT2D eigenvalue weighted by molar-refractivity contribution is 5.94. The molecule has 4 rings (SSSR count). The molecule has 1 aromatic rings. The van der Waals surface area contributed by atoms with Crippen molar-refractivity contribution in [3.05, 3.63) is 41.7 Å². The van der Waals surface area contributed by atoms with Crippen LogP contribution in [0.3, 0.4) is 0 Å². The number of likely N-dealkylation sites (N-methyl/N-ethyl adjacent to an activating group) is 1. The quantitative estimate of drug-likeness (QED) is 0.830. The summed E-state index contributed by atoms with van der Waals surface area (Å²) in [6, 6.07) is 5.42. The Labute approximate surface area is 142 Å². The number of hydrogen-bond acceptors (Lipinski definition) is 4. The second-order valence-corrected chi connectivity index (χ2v) is 7.42. The minimum absolute atomic E-state index is 0.0349. The highest BCUT2D eigenvalue weighted by Crippen LogP contribution is 2.60. The molecule has 1 aliphatic heterocycles. The number of carbonyl (C=O) groups is 1. The molecule has 2 spiro atoms. The van der Waals surface area contributed by atoms with Gasteiger partial charge >= 0.3 is 0 Å². The number of phenolic OH excluding ortho intramolecular Hbond substituents is 1. The predicted octanol–water partition coefficient (Wildman–Crippen LogP) is 2.25. The third kappa shape index (κ3) is 1.76. The monoisotopic (exact) mass is 328 g/mol. The van der Waals surface area contributed by atoms with Crippen LogP contribution in [0.2, 0.25) is 0 Å². The molecule has 24 heavy (non-hydrogen) atoms. The van der Waals surface area contributed by atoms with Crippen molar-refractivity contribution in [2.24, 2.45) is 5.41 Å². The summed E-state index contributed by atoms with van der Waals surface area (Å²) >= 11 is 0. The minimum atomic E-state index is -0.814. The van der Waals surface area contributed by atoms with Gasteiger partial charge in [-0.1, -0.05) is 12.6 Å². The van der Waals surface area contributed by atoms with E-state index in [9.17, 15) is 9.90 Å². The summed E-state index contributed by atoms with van der Waals surface area (Å²) in [5.74, 6) is 0.864. The number of benzene rings is 1. The van der Waals surface area contributed by atoms with E-state index in [1.165, 1.54) is 0 Å². The zero-order valence-corrected chi connectivity index (χ0v) is 14.3. The average Bonchev–Trinajstić information content (AvgIpc) is 2.97. The first-order valence-corrected chi connectivity index (χ1v) is 8.54. The van der Waals surface area contributed by atoms with E-state index in [1.807, 2.05) is 6.07 Å². The predicted molar refractivity (Wildman–Crippen MR) is 90.2 cm³/mol. The maximum atomic E-state index is 13.3. The van der Waals surface area contributed by atoms with Crippen LogP contribution < -0.4 is 5.32 Å². The number of rotatable bonds is 1. The van der Waals surface area contributed by atoms with E-state index < -0.39 is 5.54 Å². The van der Waals surface area contributed by atoms with Gasteiger partial charge in [0.25, 0.3) is 5.91 Å². The Morgan fingerprint density at radius 3 is 2.67 bits per heavy atom. The first-order chi connectivity index (χ1) is 11.4. The largest absolute Gasteiger partial charge is 0.508 e. The van der Waals surface area contributed by atoms with Crippen LogP contribution in [0.1, 0.15) is 36.8 Å². The Hall–Kier alpha value is -2.01. The van der Waals surface area contributed by atoms with E-state index in [0.717, 1.165) is 43.2 Å². The average molecular weight is 328 g/mol. The molecule has 5 nitrogen and oxygen atoms in total. The molecule has 0 bridgehead atoms. The van der Waals surface area contributed by atoms with Gasteiger partial charge in [0, 0.05) is 19.6 Å². The molecule has 1 saturated carbocycles. The Kier molecular flexibility index (Phi) is 3.23. The fourth-order valence-corrected chi connectivity index (χ4v) is 5.05. The summed E-state index contributed by atoms with van der Waals surface area (Å²) in [7, 11) is 3.52. The van der Waals surface area contributed by atoms with Gasteiger partial charge in [0.2, 0.25) is 0 Å². The Morgan fingerprint density at radius 2 is 2.08 bits per heavy atom. The van der Waals surface area contributed by atoms with Gasteiger partial charge in [-0.25, -0.2) is 0 Å². The van der Waals surface area contributed by atoms with Crippen LogP contribution >= 0.6 is 0 Å². The number of nitrogens with one attached hydrogen (secondary N) is 1. The van der Waals surface area contributed by atoms with Gasteiger partial charge in [-0.3, -0.25) is 9.69 Å². The molecule has 0 aromatic heterocycles. The van der Waals surface area contributed by atoms with E-state index in [-0.39, 0.29) is 23.2 Å². The van der Waals surface area contributed by atoms with E-state index >= 15 is 0 Å². The first kappa shape index (κ1) is 15.5. The molecule has 1 atom stereocenters. The topological polar surface area (TPSA) is 61.8 Å². The molecule has 1 heterocycles. The molecule has 2 fully saturated rings. The van der Waals surface area contributed by atoms with Gasteiger partial charge in [0.1, 0.15) is 11.6 Å². The summed E-state index contributed by atoms with van der Waals surface area (Å²) < 4.78 is 5.54. The van der Waals surface area contributed by atoms with E-state index in [2.05, 4.69) is 11.9 Å². The highest BCUT2D eigenvalue weighted by Gasteiger charge is 2.66. The van der Waals surface area contributed by atoms with Crippen molar-refractivity contribution in [2.75, 3.05) is 14.2 Å². The van der Waals surface area contributed by atoms with Gasteiger partial charge < -0.3 is 15.2 Å². The van der Waals surface area contributed by atoms with E-state index in [4.69, 9.17) is 4.74 Å². The summed E-state index contributed by atoms with van der Waals surface area (Å²) in [6.07, 6.45) is 4.84. The zero-order valence-electron chi connectivity index (χ0n) is 14.3. The number of methoxy groups -OCH3 is 1. The molecule has 1 amide bonds. The second kappa shape index (κ2) is 4.99. The number of ether oxygens (including phenoxy) is 1. The van der Waals surface area contributed by atoms with Crippen molar-refractivity contribution >= 4 is 5.91 Å². The molecule has 128 valence electrons. The molecule has 2 aliphatic carbocycles. The molecule has 3 aliphatic rings. The number of phenols is 1. The molecular formula is C19H24N2O3.